The van der Waals surface area contributed by atoms with Gasteiger partial charge in [-0.05, 0) is 42.3 Å². The molecule has 0 atom stereocenters. The first-order valence-corrected chi connectivity index (χ1v) is 6.92. The van der Waals surface area contributed by atoms with E-state index in [1.54, 1.807) is 4.90 Å². The highest BCUT2D eigenvalue weighted by atomic mass is 16.2. The Kier molecular flexibility index (Phi) is 3.52. The first-order chi connectivity index (χ1) is 9.77. The summed E-state index contributed by atoms with van der Waals surface area (Å²) in [4.78, 5) is 14.4. The van der Waals surface area contributed by atoms with E-state index in [2.05, 4.69) is 11.4 Å². The molecule has 0 saturated carbocycles. The van der Waals surface area contributed by atoms with Crippen LogP contribution in [0, 0.1) is 0 Å². The van der Waals surface area contributed by atoms with Gasteiger partial charge in [0.05, 0.1) is 0 Å². The zero-order valence-electron chi connectivity index (χ0n) is 11.6. The van der Waals surface area contributed by atoms with Crippen molar-refractivity contribution in [3.05, 3.63) is 65.2 Å². The molecule has 3 nitrogen and oxygen atoms in total. The number of nitrogens with one attached hydrogen (secondary N) is 1. The van der Waals surface area contributed by atoms with Crippen molar-refractivity contribution < 1.29 is 4.79 Å². The number of anilines is 1. The van der Waals surface area contributed by atoms with Crippen molar-refractivity contribution in [2.24, 2.45) is 0 Å². The minimum Gasteiger partial charge on any atom is -0.312 e. The molecule has 3 heteroatoms. The predicted molar refractivity (Wildman–Crippen MR) is 81.0 cm³/mol. The van der Waals surface area contributed by atoms with Gasteiger partial charge < -0.3 is 10.2 Å². The van der Waals surface area contributed by atoms with Crippen LogP contribution in [-0.2, 0) is 13.0 Å². The third-order valence-corrected chi connectivity index (χ3v) is 3.82. The second kappa shape index (κ2) is 5.47. The lowest BCUT2D eigenvalue weighted by molar-refractivity contribution is 0.0992. The van der Waals surface area contributed by atoms with Crippen molar-refractivity contribution in [2.45, 2.75) is 13.0 Å². The van der Waals surface area contributed by atoms with Crippen molar-refractivity contribution in [2.75, 3.05) is 18.5 Å². The highest BCUT2D eigenvalue weighted by Gasteiger charge is 2.20. The van der Waals surface area contributed by atoms with Crippen LogP contribution in [0.15, 0.2) is 48.5 Å². The summed E-state index contributed by atoms with van der Waals surface area (Å²) in [6.45, 7) is 1.79. The molecule has 2 aromatic rings. The van der Waals surface area contributed by atoms with Gasteiger partial charge in [-0.15, -0.1) is 0 Å². The second-order valence-electron chi connectivity index (χ2n) is 5.07. The van der Waals surface area contributed by atoms with E-state index in [0.29, 0.717) is 0 Å². The Morgan fingerprint density at radius 2 is 1.90 bits per heavy atom. The molecule has 20 heavy (non-hydrogen) atoms. The molecular formula is C17H18N2O. The summed E-state index contributed by atoms with van der Waals surface area (Å²) in [6, 6.07) is 15.8. The zero-order chi connectivity index (χ0) is 13.9. The molecule has 1 N–H and O–H groups in total. The molecule has 1 aliphatic rings. The van der Waals surface area contributed by atoms with Crippen molar-refractivity contribution in [3.8, 4) is 0 Å². The van der Waals surface area contributed by atoms with Crippen molar-refractivity contribution in [1.29, 1.82) is 0 Å². The maximum atomic E-state index is 12.7. The number of carbonyl (C=O) groups is 1. The lowest BCUT2D eigenvalue weighted by Gasteiger charge is -2.23. The van der Waals surface area contributed by atoms with Gasteiger partial charge in [0.25, 0.3) is 5.91 Å². The normalized spacial score (nSPS) is 13.7. The Morgan fingerprint density at radius 1 is 1.10 bits per heavy atom. The van der Waals surface area contributed by atoms with E-state index in [1.807, 2.05) is 49.5 Å². The first kappa shape index (κ1) is 12.9. The van der Waals surface area contributed by atoms with E-state index in [9.17, 15) is 4.79 Å². The molecule has 1 aliphatic heterocycles. The van der Waals surface area contributed by atoms with Crippen LogP contribution in [0.1, 0.15) is 21.5 Å². The third kappa shape index (κ3) is 2.32. The SMILES string of the molecule is CN(C(=O)c1cccc2c1CCNC2)c1ccccc1. The van der Waals surface area contributed by atoms with Gasteiger partial charge in [0.15, 0.2) is 0 Å². The Hall–Kier alpha value is -2.13. The van der Waals surface area contributed by atoms with E-state index in [1.165, 1.54) is 11.1 Å². The van der Waals surface area contributed by atoms with Gasteiger partial charge in [-0.1, -0.05) is 30.3 Å². The van der Waals surface area contributed by atoms with E-state index < -0.39 is 0 Å². The number of hydrogen-bond acceptors (Lipinski definition) is 2. The fourth-order valence-electron chi connectivity index (χ4n) is 2.68. The molecule has 2 aromatic carbocycles. The molecule has 0 spiro atoms. The zero-order valence-corrected chi connectivity index (χ0v) is 11.6. The molecule has 0 aromatic heterocycles. The number of benzene rings is 2. The van der Waals surface area contributed by atoms with Crippen LogP contribution in [0.3, 0.4) is 0 Å². The molecular weight excluding hydrogens is 248 g/mol. The number of fused-ring (bicyclic) bond motifs is 1. The van der Waals surface area contributed by atoms with Crippen LogP contribution in [0.2, 0.25) is 0 Å². The van der Waals surface area contributed by atoms with Gasteiger partial charge in [0.2, 0.25) is 0 Å². The lowest BCUT2D eigenvalue weighted by Crippen LogP contribution is -2.30. The summed E-state index contributed by atoms with van der Waals surface area (Å²) in [5.41, 5.74) is 4.18. The molecule has 1 heterocycles. The number of hydrogen-bond donors (Lipinski definition) is 1. The van der Waals surface area contributed by atoms with Crippen LogP contribution in [0.25, 0.3) is 0 Å². The lowest BCUT2D eigenvalue weighted by atomic mass is 9.95. The predicted octanol–water partition coefficient (Wildman–Crippen LogP) is 2.61. The molecule has 102 valence electrons. The summed E-state index contributed by atoms with van der Waals surface area (Å²) in [5, 5.41) is 3.34. The maximum Gasteiger partial charge on any atom is 0.258 e. The summed E-state index contributed by atoms with van der Waals surface area (Å²) >= 11 is 0. The van der Waals surface area contributed by atoms with Crippen LogP contribution in [0.4, 0.5) is 5.69 Å². The van der Waals surface area contributed by atoms with Gasteiger partial charge in [0.1, 0.15) is 0 Å². The topological polar surface area (TPSA) is 32.3 Å². The smallest absolute Gasteiger partial charge is 0.258 e. The van der Waals surface area contributed by atoms with E-state index in [0.717, 1.165) is 30.8 Å². The Labute approximate surface area is 119 Å². The number of carbonyl (C=O) groups excluding carboxylic acids is 1. The average Bonchev–Trinajstić information content (AvgIpc) is 2.54. The molecule has 0 bridgehead atoms. The second-order valence-corrected chi connectivity index (χ2v) is 5.07. The van der Waals surface area contributed by atoms with Crippen LogP contribution < -0.4 is 10.2 Å². The highest BCUT2D eigenvalue weighted by Crippen LogP contribution is 2.22. The fraction of sp³-hybridized carbons (Fsp3) is 0.235. The largest absolute Gasteiger partial charge is 0.312 e. The monoisotopic (exact) mass is 266 g/mol. The highest BCUT2D eigenvalue weighted by molar-refractivity contribution is 6.06. The molecule has 1 amide bonds. The standard InChI is InChI=1S/C17H18N2O/c1-19(14-7-3-2-4-8-14)17(20)16-9-5-6-13-12-18-11-10-15(13)16/h2-9,18H,10-12H2,1H3. The fourth-order valence-corrected chi connectivity index (χ4v) is 2.68. The minimum absolute atomic E-state index is 0.0648. The van der Waals surface area contributed by atoms with Crippen molar-refractivity contribution in [3.63, 3.8) is 0 Å². The van der Waals surface area contributed by atoms with Gasteiger partial charge >= 0.3 is 0 Å². The molecule has 0 radical (unpaired) electrons. The van der Waals surface area contributed by atoms with Crippen LogP contribution in [-0.4, -0.2) is 19.5 Å². The first-order valence-electron chi connectivity index (χ1n) is 6.92. The Balaban J connectivity index is 1.95. The van der Waals surface area contributed by atoms with E-state index >= 15 is 0 Å². The summed E-state index contributed by atoms with van der Waals surface area (Å²) in [7, 11) is 1.83. The summed E-state index contributed by atoms with van der Waals surface area (Å²) in [6.07, 6.45) is 0.917. The quantitative estimate of drug-likeness (QED) is 0.906. The van der Waals surface area contributed by atoms with E-state index in [-0.39, 0.29) is 5.91 Å². The van der Waals surface area contributed by atoms with Crippen LogP contribution in [0.5, 0.6) is 0 Å². The average molecular weight is 266 g/mol. The van der Waals surface area contributed by atoms with Gasteiger partial charge in [-0.3, -0.25) is 4.79 Å². The molecule has 0 unspecified atom stereocenters. The summed E-state index contributed by atoms with van der Waals surface area (Å²) < 4.78 is 0. The van der Waals surface area contributed by atoms with Gasteiger partial charge in [-0.25, -0.2) is 0 Å². The number of nitrogens with zero attached hydrogens (tertiary/aromatic N) is 1. The number of para-hydroxylation sites is 1. The third-order valence-electron chi connectivity index (χ3n) is 3.82. The van der Waals surface area contributed by atoms with Crippen LogP contribution >= 0.6 is 0 Å². The van der Waals surface area contributed by atoms with Crippen molar-refractivity contribution >= 4 is 11.6 Å². The van der Waals surface area contributed by atoms with Gasteiger partial charge in [-0.2, -0.15) is 0 Å². The minimum atomic E-state index is 0.0648. The molecule has 3 rings (SSSR count). The van der Waals surface area contributed by atoms with Gasteiger partial charge in [0, 0.05) is 24.8 Å². The van der Waals surface area contributed by atoms with Crippen molar-refractivity contribution in [1.82, 2.24) is 5.32 Å². The molecule has 0 saturated heterocycles. The number of rotatable bonds is 2. The Bertz CT molecular complexity index is 622. The summed E-state index contributed by atoms with van der Waals surface area (Å²) in [5.74, 6) is 0.0648. The van der Waals surface area contributed by atoms with E-state index in [4.69, 9.17) is 0 Å². The molecule has 0 aliphatic carbocycles. The molecule has 0 fully saturated rings. The Morgan fingerprint density at radius 3 is 2.70 bits per heavy atom. The maximum absolute atomic E-state index is 12.7. The number of amides is 1.